The predicted molar refractivity (Wildman–Crippen MR) is 112 cm³/mol. The molecule has 0 fully saturated rings. The summed E-state index contributed by atoms with van der Waals surface area (Å²) in [5, 5.41) is 13.6. The Labute approximate surface area is 192 Å². The summed E-state index contributed by atoms with van der Waals surface area (Å²) in [5.41, 5.74) is 2.12. The molecule has 3 heterocycles. The first-order chi connectivity index (χ1) is 15.7. The number of aromatic nitrogens is 3. The van der Waals surface area contributed by atoms with Crippen molar-refractivity contribution < 1.29 is 22.7 Å². The SMILES string of the molecule is CC(Oc1ccc(C#N)c(Cl)c1C(=O)N1CCc2nn(-c3ccncc3)cc2C1)C(F)(F)F. The van der Waals surface area contributed by atoms with Gasteiger partial charge in [0.1, 0.15) is 17.4 Å². The Morgan fingerprint density at radius 3 is 2.67 bits per heavy atom. The van der Waals surface area contributed by atoms with E-state index in [2.05, 4.69) is 10.1 Å². The number of nitriles is 1. The molecule has 170 valence electrons. The molecular formula is C22H17ClF3N5O2. The first kappa shape index (κ1) is 22.6. The molecular weight excluding hydrogens is 459 g/mol. The fourth-order valence-corrected chi connectivity index (χ4v) is 3.75. The topological polar surface area (TPSA) is 84.0 Å². The highest BCUT2D eigenvalue weighted by atomic mass is 35.5. The lowest BCUT2D eigenvalue weighted by Gasteiger charge is -2.28. The van der Waals surface area contributed by atoms with Crippen LogP contribution in [0.4, 0.5) is 13.2 Å². The van der Waals surface area contributed by atoms with E-state index in [4.69, 9.17) is 16.3 Å². The lowest BCUT2D eigenvalue weighted by atomic mass is 10.0. The summed E-state index contributed by atoms with van der Waals surface area (Å²) in [4.78, 5) is 18.8. The Bertz CT molecular complexity index is 1240. The summed E-state index contributed by atoms with van der Waals surface area (Å²) in [6.45, 7) is 1.29. The van der Waals surface area contributed by atoms with Crippen molar-refractivity contribution in [3.63, 3.8) is 0 Å². The number of benzene rings is 1. The van der Waals surface area contributed by atoms with Gasteiger partial charge in [0.15, 0.2) is 6.10 Å². The van der Waals surface area contributed by atoms with Crippen LogP contribution in [0.5, 0.6) is 5.75 Å². The van der Waals surface area contributed by atoms with Gasteiger partial charge in [-0.15, -0.1) is 0 Å². The minimum absolute atomic E-state index is 0.0322. The van der Waals surface area contributed by atoms with E-state index in [0.717, 1.165) is 29.9 Å². The Morgan fingerprint density at radius 2 is 2.00 bits per heavy atom. The third-order valence-corrected chi connectivity index (χ3v) is 5.67. The van der Waals surface area contributed by atoms with E-state index in [-0.39, 0.29) is 35.0 Å². The van der Waals surface area contributed by atoms with Gasteiger partial charge >= 0.3 is 6.18 Å². The van der Waals surface area contributed by atoms with Crippen molar-refractivity contribution in [2.45, 2.75) is 32.2 Å². The average Bonchev–Trinajstić information content (AvgIpc) is 3.22. The van der Waals surface area contributed by atoms with Gasteiger partial charge in [-0.1, -0.05) is 11.6 Å². The fourth-order valence-electron chi connectivity index (χ4n) is 3.47. The zero-order chi connectivity index (χ0) is 23.8. The standard InChI is InChI=1S/C22H17ClF3N5O2/c1-13(22(24,25)26)33-18-3-2-14(10-27)20(23)19(18)21(32)30-9-6-17-15(11-30)12-31(29-17)16-4-7-28-8-5-16/h2-5,7-8,12-13H,6,9,11H2,1H3. The van der Waals surface area contributed by atoms with Crippen LogP contribution in [0.1, 0.15) is 34.1 Å². The van der Waals surface area contributed by atoms with Crippen LogP contribution >= 0.6 is 11.6 Å². The van der Waals surface area contributed by atoms with Crippen molar-refractivity contribution in [3.05, 3.63) is 70.3 Å². The quantitative estimate of drug-likeness (QED) is 0.561. The number of alkyl halides is 3. The average molecular weight is 476 g/mol. The van der Waals surface area contributed by atoms with Crippen LogP contribution in [-0.4, -0.2) is 44.4 Å². The molecule has 33 heavy (non-hydrogen) atoms. The van der Waals surface area contributed by atoms with Gasteiger partial charge in [0.25, 0.3) is 5.91 Å². The van der Waals surface area contributed by atoms with Crippen LogP contribution in [0.2, 0.25) is 5.02 Å². The highest BCUT2D eigenvalue weighted by Gasteiger charge is 2.39. The zero-order valence-corrected chi connectivity index (χ0v) is 18.1. The number of carbonyl (C=O) groups excluding carboxylic acids is 1. The summed E-state index contributed by atoms with van der Waals surface area (Å²) < 4.78 is 45.9. The molecule has 0 aliphatic carbocycles. The van der Waals surface area contributed by atoms with Crippen LogP contribution in [-0.2, 0) is 13.0 Å². The van der Waals surface area contributed by atoms with Crippen LogP contribution in [0, 0.1) is 11.3 Å². The van der Waals surface area contributed by atoms with E-state index in [1.165, 1.54) is 11.0 Å². The molecule has 0 spiro atoms. The maximum absolute atomic E-state index is 13.4. The highest BCUT2D eigenvalue weighted by molar-refractivity contribution is 6.35. The molecule has 0 radical (unpaired) electrons. The minimum atomic E-state index is -4.64. The highest BCUT2D eigenvalue weighted by Crippen LogP contribution is 2.35. The smallest absolute Gasteiger partial charge is 0.425 e. The van der Waals surface area contributed by atoms with Gasteiger partial charge in [0.2, 0.25) is 0 Å². The monoisotopic (exact) mass is 475 g/mol. The molecule has 1 aliphatic heterocycles. The van der Waals surface area contributed by atoms with Gasteiger partial charge in [-0.3, -0.25) is 9.78 Å². The van der Waals surface area contributed by atoms with Crippen molar-refractivity contribution in [2.75, 3.05) is 6.54 Å². The molecule has 0 N–H and O–H groups in total. The first-order valence-corrected chi connectivity index (χ1v) is 10.3. The lowest BCUT2D eigenvalue weighted by Crippen LogP contribution is -2.37. The van der Waals surface area contributed by atoms with E-state index in [1.54, 1.807) is 35.4 Å². The second-order valence-electron chi connectivity index (χ2n) is 7.44. The van der Waals surface area contributed by atoms with Crippen LogP contribution in [0.25, 0.3) is 5.69 Å². The van der Waals surface area contributed by atoms with Gasteiger partial charge in [0.05, 0.1) is 22.0 Å². The van der Waals surface area contributed by atoms with Gasteiger partial charge in [-0.05, 0) is 31.2 Å². The van der Waals surface area contributed by atoms with E-state index in [1.807, 2.05) is 6.07 Å². The van der Waals surface area contributed by atoms with Gasteiger partial charge in [0, 0.05) is 43.7 Å². The molecule has 1 aliphatic rings. The predicted octanol–water partition coefficient (Wildman–Crippen LogP) is 4.32. The number of ether oxygens (including phenoxy) is 1. The number of pyridine rings is 1. The summed E-state index contributed by atoms with van der Waals surface area (Å²) in [6.07, 6.45) is -1.29. The molecule has 4 rings (SSSR count). The van der Waals surface area contributed by atoms with Gasteiger partial charge < -0.3 is 9.64 Å². The molecule has 0 saturated heterocycles. The van der Waals surface area contributed by atoms with Crippen LogP contribution in [0.3, 0.4) is 0 Å². The Kier molecular flexibility index (Phi) is 5.99. The van der Waals surface area contributed by atoms with E-state index >= 15 is 0 Å². The molecule has 1 amide bonds. The van der Waals surface area contributed by atoms with Crippen molar-refractivity contribution >= 4 is 17.5 Å². The summed E-state index contributed by atoms with van der Waals surface area (Å²) in [5.74, 6) is -0.948. The molecule has 0 bridgehead atoms. The number of hydrogen-bond acceptors (Lipinski definition) is 5. The van der Waals surface area contributed by atoms with E-state index in [0.29, 0.717) is 6.42 Å². The molecule has 3 aromatic rings. The zero-order valence-electron chi connectivity index (χ0n) is 17.3. The number of halogens is 4. The van der Waals surface area contributed by atoms with E-state index in [9.17, 15) is 23.2 Å². The second kappa shape index (κ2) is 8.75. The number of amides is 1. The number of carbonyl (C=O) groups is 1. The number of rotatable bonds is 4. The number of hydrogen-bond donors (Lipinski definition) is 0. The second-order valence-corrected chi connectivity index (χ2v) is 7.82. The maximum Gasteiger partial charge on any atom is 0.425 e. The number of nitrogens with zero attached hydrogens (tertiary/aromatic N) is 5. The van der Waals surface area contributed by atoms with Crippen molar-refractivity contribution in [1.82, 2.24) is 19.7 Å². The third kappa shape index (κ3) is 4.50. The Morgan fingerprint density at radius 1 is 1.27 bits per heavy atom. The molecule has 11 heteroatoms. The Hall–Kier alpha value is -3.58. The van der Waals surface area contributed by atoms with Crippen molar-refractivity contribution in [3.8, 4) is 17.5 Å². The Balaban J connectivity index is 1.65. The normalized spacial score (nSPS) is 14.4. The summed E-state index contributed by atoms with van der Waals surface area (Å²) in [7, 11) is 0. The summed E-state index contributed by atoms with van der Waals surface area (Å²) in [6, 6.07) is 7.82. The van der Waals surface area contributed by atoms with E-state index < -0.39 is 18.2 Å². The van der Waals surface area contributed by atoms with Crippen molar-refractivity contribution in [2.24, 2.45) is 0 Å². The molecule has 1 aromatic carbocycles. The first-order valence-electron chi connectivity index (χ1n) is 9.92. The van der Waals surface area contributed by atoms with Crippen LogP contribution in [0.15, 0.2) is 42.9 Å². The van der Waals surface area contributed by atoms with Gasteiger partial charge in [-0.25, -0.2) is 4.68 Å². The third-order valence-electron chi connectivity index (χ3n) is 5.27. The lowest BCUT2D eigenvalue weighted by molar-refractivity contribution is -0.189. The molecule has 2 aromatic heterocycles. The summed E-state index contributed by atoms with van der Waals surface area (Å²) >= 11 is 6.26. The molecule has 0 saturated carbocycles. The molecule has 1 atom stereocenters. The number of fused-ring (bicyclic) bond motifs is 1. The molecule has 7 nitrogen and oxygen atoms in total. The van der Waals surface area contributed by atoms with Crippen LogP contribution < -0.4 is 4.74 Å². The maximum atomic E-state index is 13.4. The van der Waals surface area contributed by atoms with Gasteiger partial charge in [-0.2, -0.15) is 23.5 Å². The fraction of sp³-hybridized carbons (Fsp3) is 0.273. The largest absolute Gasteiger partial charge is 0.480 e. The molecule has 1 unspecified atom stereocenters. The minimum Gasteiger partial charge on any atom is -0.480 e. The van der Waals surface area contributed by atoms with Crippen molar-refractivity contribution in [1.29, 1.82) is 5.26 Å².